The Labute approximate surface area is 181 Å². The molecule has 0 saturated heterocycles. The molecule has 4 amide bonds. The van der Waals surface area contributed by atoms with Crippen LogP contribution in [0.2, 0.25) is 0 Å². The fourth-order valence-electron chi connectivity index (χ4n) is 2.31. The highest BCUT2D eigenvalue weighted by molar-refractivity contribution is 5.94. The molecule has 0 aromatic heterocycles. The van der Waals surface area contributed by atoms with Crippen molar-refractivity contribution in [3.63, 3.8) is 0 Å². The number of hydrazine groups is 1. The smallest absolute Gasteiger partial charge is 0.298 e. The predicted octanol–water partition coefficient (Wildman–Crippen LogP) is 4.94. The van der Waals surface area contributed by atoms with E-state index in [0.717, 1.165) is 4.90 Å². The number of azo groups is 2. The van der Waals surface area contributed by atoms with E-state index in [9.17, 15) is 9.59 Å². The first kappa shape index (κ1) is 27.9. The van der Waals surface area contributed by atoms with Gasteiger partial charge in [-0.2, -0.15) is 20.5 Å². The van der Waals surface area contributed by atoms with Gasteiger partial charge in [0.2, 0.25) is 0 Å². The van der Waals surface area contributed by atoms with Crippen LogP contribution < -0.4 is 10.9 Å². The van der Waals surface area contributed by atoms with Gasteiger partial charge in [-0.1, -0.05) is 6.92 Å². The summed E-state index contributed by atoms with van der Waals surface area (Å²) < 4.78 is 0. The molecule has 0 saturated carbocycles. The number of hydrogen-bond acceptors (Lipinski definition) is 7. The number of carbonyl (C=O) groups excluding carboxylic acids is 2. The SMILES string of the molecule is CCNNC(=O)N(C(=O)N(CC)C(C)(C)N=NC(C)(C)C)C(C)(C)N=NC(C)(C)C. The molecule has 0 fully saturated rings. The minimum atomic E-state index is -1.23. The topological polar surface area (TPSA) is 114 Å². The molecule has 30 heavy (non-hydrogen) atoms. The molecule has 0 radical (unpaired) electrons. The molecule has 0 heterocycles. The van der Waals surface area contributed by atoms with Crippen LogP contribution in [0.5, 0.6) is 0 Å². The lowest BCUT2D eigenvalue weighted by molar-refractivity contribution is 0.0804. The normalized spacial score (nSPS) is 13.7. The zero-order valence-electron chi connectivity index (χ0n) is 20.9. The molecule has 10 heteroatoms. The van der Waals surface area contributed by atoms with Crippen LogP contribution in [-0.2, 0) is 0 Å². The van der Waals surface area contributed by atoms with E-state index in [0.29, 0.717) is 13.1 Å². The monoisotopic (exact) mass is 426 g/mol. The summed E-state index contributed by atoms with van der Waals surface area (Å²) in [5.74, 6) is 0. The van der Waals surface area contributed by atoms with E-state index in [2.05, 4.69) is 31.3 Å². The number of urea groups is 2. The van der Waals surface area contributed by atoms with Crippen LogP contribution >= 0.6 is 0 Å². The zero-order chi connectivity index (χ0) is 24.0. The predicted molar refractivity (Wildman–Crippen MR) is 119 cm³/mol. The van der Waals surface area contributed by atoms with Crippen molar-refractivity contribution in [3.8, 4) is 0 Å². The number of amides is 4. The molecule has 0 unspecified atom stereocenters. The molecule has 174 valence electrons. The van der Waals surface area contributed by atoms with Crippen LogP contribution in [0.15, 0.2) is 20.5 Å². The average Bonchev–Trinajstić information content (AvgIpc) is 2.56. The Balaban J connectivity index is 6.19. The average molecular weight is 427 g/mol. The fourth-order valence-corrected chi connectivity index (χ4v) is 2.31. The van der Waals surface area contributed by atoms with E-state index in [1.807, 2.05) is 55.4 Å². The van der Waals surface area contributed by atoms with Crippen LogP contribution in [-0.4, -0.2) is 57.4 Å². The highest BCUT2D eigenvalue weighted by Crippen LogP contribution is 2.26. The molecule has 0 aliphatic heterocycles. The molecule has 0 rings (SSSR count). The third kappa shape index (κ3) is 9.15. The van der Waals surface area contributed by atoms with Crippen molar-refractivity contribution in [3.05, 3.63) is 0 Å². The Bertz CT molecular complexity index is 642. The molecule has 0 aromatic rings. The Morgan fingerprint density at radius 2 is 1.17 bits per heavy atom. The number of imide groups is 1. The van der Waals surface area contributed by atoms with Gasteiger partial charge in [0.25, 0.3) is 0 Å². The van der Waals surface area contributed by atoms with Crippen molar-refractivity contribution in [1.82, 2.24) is 20.7 Å². The number of rotatable bonds is 7. The van der Waals surface area contributed by atoms with E-state index in [-0.39, 0.29) is 5.54 Å². The first-order chi connectivity index (χ1) is 13.4. The molecule has 0 aliphatic rings. The maximum atomic E-state index is 13.6. The zero-order valence-corrected chi connectivity index (χ0v) is 20.9. The van der Waals surface area contributed by atoms with Crippen molar-refractivity contribution in [2.45, 2.75) is 105 Å². The van der Waals surface area contributed by atoms with Gasteiger partial charge in [0, 0.05) is 13.1 Å². The van der Waals surface area contributed by atoms with Gasteiger partial charge >= 0.3 is 12.1 Å². The summed E-state index contributed by atoms with van der Waals surface area (Å²) >= 11 is 0. The largest absolute Gasteiger partial charge is 0.341 e. The van der Waals surface area contributed by atoms with Crippen LogP contribution in [0.3, 0.4) is 0 Å². The summed E-state index contributed by atoms with van der Waals surface area (Å²) in [4.78, 5) is 29.1. The van der Waals surface area contributed by atoms with E-state index in [4.69, 9.17) is 0 Å². The van der Waals surface area contributed by atoms with E-state index in [1.165, 1.54) is 4.90 Å². The quantitative estimate of drug-likeness (QED) is 0.444. The van der Waals surface area contributed by atoms with Gasteiger partial charge in [-0.25, -0.2) is 19.9 Å². The van der Waals surface area contributed by atoms with Gasteiger partial charge in [0.05, 0.1) is 11.1 Å². The van der Waals surface area contributed by atoms with Gasteiger partial charge in [0.1, 0.15) is 0 Å². The van der Waals surface area contributed by atoms with Crippen LogP contribution in [0.25, 0.3) is 0 Å². The molecule has 0 atom stereocenters. The Hall–Kier alpha value is -2.10. The van der Waals surface area contributed by atoms with Crippen molar-refractivity contribution >= 4 is 12.1 Å². The third-order valence-electron chi connectivity index (χ3n) is 3.71. The maximum absolute atomic E-state index is 13.6. The van der Waals surface area contributed by atoms with E-state index >= 15 is 0 Å². The summed E-state index contributed by atoms with van der Waals surface area (Å²) in [5.41, 5.74) is 2.25. The second-order valence-electron chi connectivity index (χ2n) is 10.1. The van der Waals surface area contributed by atoms with Crippen LogP contribution in [0, 0.1) is 0 Å². The molecular formula is C20H42N8O2. The Morgan fingerprint density at radius 1 is 0.733 bits per heavy atom. The number of nitrogens with one attached hydrogen (secondary N) is 2. The number of carbonyl (C=O) groups is 2. The molecule has 2 N–H and O–H groups in total. The van der Waals surface area contributed by atoms with Gasteiger partial charge in [-0.05, 0) is 76.2 Å². The summed E-state index contributed by atoms with van der Waals surface area (Å²) in [6, 6.07) is -1.16. The minimum absolute atomic E-state index is 0.326. The van der Waals surface area contributed by atoms with Crippen LogP contribution in [0.1, 0.15) is 83.1 Å². The van der Waals surface area contributed by atoms with Gasteiger partial charge < -0.3 is 0 Å². The molecule has 0 spiro atoms. The Kier molecular flexibility index (Phi) is 9.56. The second-order valence-corrected chi connectivity index (χ2v) is 10.1. The second kappa shape index (κ2) is 10.3. The lowest BCUT2D eigenvalue weighted by Gasteiger charge is -2.41. The summed E-state index contributed by atoms with van der Waals surface area (Å²) in [6.45, 7) is 22.9. The van der Waals surface area contributed by atoms with Crippen LogP contribution in [0.4, 0.5) is 9.59 Å². The minimum Gasteiger partial charge on any atom is -0.298 e. The molecule has 0 aliphatic carbocycles. The van der Waals surface area contributed by atoms with Crippen molar-refractivity contribution in [2.75, 3.05) is 13.1 Å². The Morgan fingerprint density at radius 3 is 1.53 bits per heavy atom. The number of hydrogen-bond donors (Lipinski definition) is 2. The maximum Gasteiger partial charge on any atom is 0.341 e. The summed E-state index contributed by atoms with van der Waals surface area (Å²) in [6.07, 6.45) is 0. The van der Waals surface area contributed by atoms with Crippen molar-refractivity contribution in [2.24, 2.45) is 20.5 Å². The summed E-state index contributed by atoms with van der Waals surface area (Å²) in [5, 5.41) is 17.3. The van der Waals surface area contributed by atoms with Crippen molar-refractivity contribution in [1.29, 1.82) is 0 Å². The number of nitrogens with zero attached hydrogens (tertiary/aromatic N) is 6. The fraction of sp³-hybridized carbons (Fsp3) is 0.900. The van der Waals surface area contributed by atoms with Gasteiger partial charge in [0.15, 0.2) is 11.3 Å². The standard InChI is InChI=1S/C20H42N8O2/c1-13-21-22-15(29)28(20(11,12)26-24-18(6,7)8)16(30)27(14-2)19(9,10)25-23-17(3,4)5/h21H,13-14H2,1-12H3,(H,22,29). The van der Waals surface area contributed by atoms with Gasteiger partial charge in [-0.15, -0.1) is 0 Å². The first-order valence-electron chi connectivity index (χ1n) is 10.4. The molecular weight excluding hydrogens is 384 g/mol. The first-order valence-corrected chi connectivity index (χ1v) is 10.4. The third-order valence-corrected chi connectivity index (χ3v) is 3.71. The lowest BCUT2D eigenvalue weighted by atomic mass is 10.1. The molecule has 10 nitrogen and oxygen atoms in total. The highest BCUT2D eigenvalue weighted by atomic mass is 16.2. The lowest BCUT2D eigenvalue weighted by Crippen LogP contribution is -2.62. The molecule has 0 aromatic carbocycles. The van der Waals surface area contributed by atoms with E-state index < -0.39 is 28.9 Å². The van der Waals surface area contributed by atoms with Gasteiger partial charge in [-0.3, -0.25) is 10.3 Å². The van der Waals surface area contributed by atoms with E-state index in [1.54, 1.807) is 27.7 Å². The highest BCUT2D eigenvalue weighted by Gasteiger charge is 2.43. The van der Waals surface area contributed by atoms with Crippen molar-refractivity contribution < 1.29 is 9.59 Å². The molecule has 0 bridgehead atoms. The summed E-state index contributed by atoms with van der Waals surface area (Å²) in [7, 11) is 0.